The minimum Gasteiger partial charge on any atom is -0.455 e. The van der Waals surface area contributed by atoms with E-state index in [9.17, 15) is 0 Å². The summed E-state index contributed by atoms with van der Waals surface area (Å²) < 4.78 is 6.93. The molecule has 12 rings (SSSR count). The smallest absolute Gasteiger partial charge is 0.144 e. The highest BCUT2D eigenvalue weighted by molar-refractivity contribution is 6.26. The second kappa shape index (κ2) is 10.2. The summed E-state index contributed by atoms with van der Waals surface area (Å²) in [4.78, 5) is 5.18. The van der Waals surface area contributed by atoms with E-state index in [-0.39, 0.29) is 0 Å². The van der Waals surface area contributed by atoms with Crippen LogP contribution in [0.1, 0.15) is 22.3 Å². The zero-order valence-corrected chi connectivity index (χ0v) is 28.1. The van der Waals surface area contributed by atoms with Crippen molar-refractivity contribution in [2.75, 3.05) is 0 Å². The van der Waals surface area contributed by atoms with Gasteiger partial charge in [0.2, 0.25) is 0 Å². The van der Waals surface area contributed by atoms with Crippen LogP contribution in [0.4, 0.5) is 0 Å². The van der Waals surface area contributed by atoms with Crippen LogP contribution in [0.5, 0.6) is 0 Å². The number of aromatic nitrogens is 1. The lowest BCUT2D eigenvalue weighted by molar-refractivity contribution is 0.673. The molecule has 0 aliphatic heterocycles. The molecule has 0 N–H and O–H groups in total. The summed E-state index contributed by atoms with van der Waals surface area (Å²) in [7, 11) is 0. The summed E-state index contributed by atoms with van der Waals surface area (Å²) in [5.41, 5.74) is 17.4. The molecule has 0 saturated carbocycles. The fourth-order valence-corrected chi connectivity index (χ4v) is 9.64. The number of fused-ring (bicyclic) bond motifs is 17. The molecule has 0 saturated heterocycles. The molecule has 0 atom stereocenters. The van der Waals surface area contributed by atoms with Gasteiger partial charge in [-0.2, -0.15) is 0 Å². The third-order valence-electron chi connectivity index (χ3n) is 11.7. The molecule has 0 radical (unpaired) electrons. The second-order valence-electron chi connectivity index (χ2n) is 14.1. The molecule has 0 fully saturated rings. The highest BCUT2D eigenvalue weighted by atomic mass is 16.3. The average Bonchev–Trinajstić information content (AvgIpc) is 3.85. The van der Waals surface area contributed by atoms with Crippen LogP contribution in [-0.2, 0) is 5.41 Å². The van der Waals surface area contributed by atoms with Gasteiger partial charge in [0.05, 0.1) is 16.6 Å². The van der Waals surface area contributed by atoms with E-state index in [0.29, 0.717) is 0 Å². The van der Waals surface area contributed by atoms with E-state index in [4.69, 9.17) is 9.40 Å². The first kappa shape index (κ1) is 28.0. The SMILES string of the molecule is c1ccc(-c2nc3ccccc3c3c2ccc2c3oc3cccc(-c4ccc5c(c4)C4(c6ccccc6-c6ccccc64)c4ccccc4-5)c32)cc1. The van der Waals surface area contributed by atoms with E-state index < -0.39 is 5.41 Å². The zero-order chi connectivity index (χ0) is 34.0. The molecule has 10 aromatic rings. The topological polar surface area (TPSA) is 26.0 Å². The second-order valence-corrected chi connectivity index (χ2v) is 14.1. The van der Waals surface area contributed by atoms with Gasteiger partial charge in [-0.25, -0.2) is 4.98 Å². The van der Waals surface area contributed by atoms with Gasteiger partial charge >= 0.3 is 0 Å². The van der Waals surface area contributed by atoms with E-state index in [1.807, 2.05) is 0 Å². The highest BCUT2D eigenvalue weighted by Crippen LogP contribution is 2.63. The van der Waals surface area contributed by atoms with E-state index in [2.05, 4.69) is 176 Å². The predicted molar refractivity (Wildman–Crippen MR) is 214 cm³/mol. The molecule has 2 aliphatic rings. The number of benzene rings is 8. The Morgan fingerprint density at radius 1 is 0.385 bits per heavy atom. The van der Waals surface area contributed by atoms with Crippen molar-refractivity contribution in [1.29, 1.82) is 0 Å². The molecule has 0 bridgehead atoms. The average molecular weight is 660 g/mol. The summed E-state index contributed by atoms with van der Waals surface area (Å²) in [6.07, 6.45) is 0. The number of rotatable bonds is 2. The molecule has 2 heteroatoms. The normalized spacial score (nSPS) is 13.5. The quantitative estimate of drug-likeness (QED) is 0.173. The maximum absolute atomic E-state index is 6.93. The zero-order valence-electron chi connectivity index (χ0n) is 28.1. The monoisotopic (exact) mass is 659 g/mol. The van der Waals surface area contributed by atoms with Gasteiger partial charge in [0.15, 0.2) is 0 Å². The molecule has 2 aromatic heterocycles. The minimum absolute atomic E-state index is 0.391. The number of furan rings is 1. The molecule has 1 spiro atoms. The maximum Gasteiger partial charge on any atom is 0.144 e. The molecule has 240 valence electrons. The van der Waals surface area contributed by atoms with Gasteiger partial charge in [-0.3, -0.25) is 0 Å². The maximum atomic E-state index is 6.93. The first-order chi connectivity index (χ1) is 25.8. The largest absolute Gasteiger partial charge is 0.455 e. The fraction of sp³-hybridized carbons (Fsp3) is 0.0200. The first-order valence-electron chi connectivity index (χ1n) is 18.0. The van der Waals surface area contributed by atoms with Crippen LogP contribution in [-0.4, -0.2) is 4.98 Å². The molecular formula is C50H29NO. The summed E-state index contributed by atoms with van der Waals surface area (Å²) in [6.45, 7) is 0. The van der Waals surface area contributed by atoms with E-state index in [1.165, 1.54) is 55.6 Å². The van der Waals surface area contributed by atoms with Crippen LogP contribution < -0.4 is 0 Å². The Bertz CT molecular complexity index is 3070. The van der Waals surface area contributed by atoms with Crippen LogP contribution in [0.3, 0.4) is 0 Å². The number of pyridine rings is 1. The van der Waals surface area contributed by atoms with Crippen LogP contribution in [0.25, 0.3) is 88.3 Å². The standard InChI is InChI=1S/C50H29NO/c1-2-13-30(14-3-1)48-38-27-28-39-46-32(19-12-24-45(46)52-49(39)47(38)37-18-7-11-23-44(37)51-48)31-25-26-36-35-17-6-10-22-42(35)50(43(36)29-31)40-20-8-4-15-33(40)34-16-5-9-21-41(34)50/h1-29H. The Morgan fingerprint density at radius 2 is 0.981 bits per heavy atom. The Balaban J connectivity index is 1.15. The predicted octanol–water partition coefficient (Wildman–Crippen LogP) is 13.0. The lowest BCUT2D eigenvalue weighted by atomic mass is 9.70. The van der Waals surface area contributed by atoms with Gasteiger partial charge in [-0.15, -0.1) is 0 Å². The van der Waals surface area contributed by atoms with Gasteiger partial charge in [0.25, 0.3) is 0 Å². The van der Waals surface area contributed by atoms with Crippen molar-refractivity contribution in [3.05, 3.63) is 198 Å². The lowest BCUT2D eigenvalue weighted by Crippen LogP contribution is -2.25. The number of hydrogen-bond acceptors (Lipinski definition) is 2. The minimum atomic E-state index is -0.391. The number of hydrogen-bond donors (Lipinski definition) is 0. The van der Waals surface area contributed by atoms with E-state index in [0.717, 1.165) is 54.9 Å². The third-order valence-corrected chi connectivity index (χ3v) is 11.7. The Labute approximate surface area is 300 Å². The van der Waals surface area contributed by atoms with Crippen LogP contribution in [0.15, 0.2) is 180 Å². The summed E-state index contributed by atoms with van der Waals surface area (Å²) in [6, 6.07) is 64.0. The van der Waals surface area contributed by atoms with Gasteiger partial charge in [-0.1, -0.05) is 152 Å². The molecule has 8 aromatic carbocycles. The lowest BCUT2D eigenvalue weighted by Gasteiger charge is -2.30. The van der Waals surface area contributed by atoms with Crippen LogP contribution in [0, 0.1) is 0 Å². The third kappa shape index (κ3) is 3.46. The van der Waals surface area contributed by atoms with E-state index >= 15 is 0 Å². The molecule has 2 nitrogen and oxygen atoms in total. The van der Waals surface area contributed by atoms with Crippen molar-refractivity contribution in [2.45, 2.75) is 5.41 Å². The molecule has 2 heterocycles. The summed E-state index contributed by atoms with van der Waals surface area (Å²) >= 11 is 0. The van der Waals surface area contributed by atoms with Crippen molar-refractivity contribution >= 4 is 43.6 Å². The van der Waals surface area contributed by atoms with Gasteiger partial charge < -0.3 is 4.42 Å². The van der Waals surface area contributed by atoms with Crippen molar-refractivity contribution in [2.24, 2.45) is 0 Å². The molecule has 0 amide bonds. The Morgan fingerprint density at radius 3 is 1.71 bits per heavy atom. The molecule has 52 heavy (non-hydrogen) atoms. The molecule has 2 aliphatic carbocycles. The fourth-order valence-electron chi connectivity index (χ4n) is 9.64. The molecule has 0 unspecified atom stereocenters. The van der Waals surface area contributed by atoms with Gasteiger partial charge in [0.1, 0.15) is 11.2 Å². The Kier molecular flexibility index (Phi) is 5.46. The van der Waals surface area contributed by atoms with Gasteiger partial charge in [0, 0.05) is 32.5 Å². The summed E-state index contributed by atoms with van der Waals surface area (Å²) in [5.74, 6) is 0. The van der Waals surface area contributed by atoms with Crippen molar-refractivity contribution in [1.82, 2.24) is 4.98 Å². The summed E-state index contributed by atoms with van der Waals surface area (Å²) in [5, 5.41) is 5.54. The first-order valence-corrected chi connectivity index (χ1v) is 18.0. The van der Waals surface area contributed by atoms with E-state index in [1.54, 1.807) is 0 Å². The van der Waals surface area contributed by atoms with Crippen LogP contribution in [0.2, 0.25) is 0 Å². The molecular weight excluding hydrogens is 631 g/mol. The van der Waals surface area contributed by atoms with Gasteiger partial charge in [-0.05, 0) is 79.9 Å². The highest BCUT2D eigenvalue weighted by Gasteiger charge is 2.51. The van der Waals surface area contributed by atoms with Crippen molar-refractivity contribution in [3.63, 3.8) is 0 Å². The Hall–Kier alpha value is -6.77. The number of nitrogens with zero attached hydrogens (tertiary/aromatic N) is 1. The number of para-hydroxylation sites is 1. The van der Waals surface area contributed by atoms with Crippen molar-refractivity contribution < 1.29 is 4.42 Å². The van der Waals surface area contributed by atoms with Crippen LogP contribution >= 0.6 is 0 Å². The van der Waals surface area contributed by atoms with Crippen molar-refractivity contribution in [3.8, 4) is 44.6 Å².